The van der Waals surface area contributed by atoms with Crippen LogP contribution in [0.1, 0.15) is 36.1 Å². The maximum Gasteiger partial charge on any atom is 0.125 e. The van der Waals surface area contributed by atoms with Crippen molar-refractivity contribution in [3.05, 3.63) is 48.1 Å². The van der Waals surface area contributed by atoms with Crippen molar-refractivity contribution in [1.29, 1.82) is 0 Å². The minimum absolute atomic E-state index is 0.365. The lowest BCUT2D eigenvalue weighted by Gasteiger charge is -2.23. The Morgan fingerprint density at radius 3 is 3.00 bits per heavy atom. The molecule has 19 heavy (non-hydrogen) atoms. The highest BCUT2D eigenvalue weighted by molar-refractivity contribution is 5.08. The highest BCUT2D eigenvalue weighted by atomic mass is 15.2. The Morgan fingerprint density at radius 2 is 2.21 bits per heavy atom. The number of hydrogen-bond acceptors (Lipinski definition) is 5. The zero-order valence-corrected chi connectivity index (χ0v) is 11.0. The van der Waals surface area contributed by atoms with Crippen LogP contribution in [0.3, 0.4) is 0 Å². The van der Waals surface area contributed by atoms with Crippen molar-refractivity contribution in [3.63, 3.8) is 0 Å². The second-order valence-electron chi connectivity index (χ2n) is 4.85. The van der Waals surface area contributed by atoms with Crippen LogP contribution in [0.5, 0.6) is 0 Å². The molecule has 5 heteroatoms. The molecule has 1 atom stereocenters. The Labute approximate surface area is 112 Å². The van der Waals surface area contributed by atoms with Crippen molar-refractivity contribution < 1.29 is 0 Å². The molecular formula is C14H17N5. The van der Waals surface area contributed by atoms with Crippen LogP contribution in [-0.2, 0) is 6.54 Å². The Morgan fingerprint density at radius 1 is 1.26 bits per heavy atom. The third kappa shape index (κ3) is 2.76. The van der Waals surface area contributed by atoms with Gasteiger partial charge in [0.2, 0.25) is 0 Å². The maximum absolute atomic E-state index is 4.48. The number of aryl methyl sites for hydroxylation is 1. The zero-order chi connectivity index (χ0) is 13.1. The minimum Gasteiger partial charge on any atom is -0.289 e. The minimum atomic E-state index is 0.365. The quantitative estimate of drug-likeness (QED) is 0.838. The van der Waals surface area contributed by atoms with E-state index in [1.807, 2.05) is 25.4 Å². The molecule has 5 nitrogen and oxygen atoms in total. The number of aromatic nitrogens is 4. The lowest BCUT2D eigenvalue weighted by Crippen LogP contribution is -2.24. The summed E-state index contributed by atoms with van der Waals surface area (Å²) in [7, 11) is 0. The molecule has 0 spiro atoms. The van der Waals surface area contributed by atoms with E-state index in [1.54, 1.807) is 12.4 Å². The maximum atomic E-state index is 4.48. The van der Waals surface area contributed by atoms with Gasteiger partial charge >= 0.3 is 0 Å². The van der Waals surface area contributed by atoms with Crippen molar-refractivity contribution in [1.82, 2.24) is 24.8 Å². The second-order valence-corrected chi connectivity index (χ2v) is 4.85. The monoisotopic (exact) mass is 255 g/mol. The molecule has 0 radical (unpaired) electrons. The average Bonchev–Trinajstić information content (AvgIpc) is 2.88. The largest absolute Gasteiger partial charge is 0.289 e. The molecule has 98 valence electrons. The Hall–Kier alpha value is -1.88. The molecular weight excluding hydrogens is 238 g/mol. The molecule has 0 unspecified atom stereocenters. The van der Waals surface area contributed by atoms with Crippen LogP contribution in [0, 0.1) is 6.92 Å². The summed E-state index contributed by atoms with van der Waals surface area (Å²) in [6.07, 6.45) is 9.52. The van der Waals surface area contributed by atoms with Gasteiger partial charge in [0.1, 0.15) is 5.82 Å². The van der Waals surface area contributed by atoms with E-state index < -0.39 is 0 Å². The third-order valence-corrected chi connectivity index (χ3v) is 3.49. The fourth-order valence-electron chi connectivity index (χ4n) is 2.63. The standard InChI is InChI=1S/C14H17N5/c1-11-16-5-4-12(18-11)10-19-8-2-3-14(19)13-9-15-6-7-17-13/h4-7,9,14H,2-3,8,10H2,1H3/t14-/m0/s1. The van der Waals surface area contributed by atoms with Crippen LogP contribution in [-0.4, -0.2) is 31.4 Å². The highest BCUT2D eigenvalue weighted by Gasteiger charge is 2.27. The van der Waals surface area contributed by atoms with Crippen LogP contribution >= 0.6 is 0 Å². The number of hydrogen-bond donors (Lipinski definition) is 0. The van der Waals surface area contributed by atoms with E-state index in [-0.39, 0.29) is 0 Å². The fraction of sp³-hybridized carbons (Fsp3) is 0.429. The first-order valence-electron chi connectivity index (χ1n) is 6.61. The first-order valence-corrected chi connectivity index (χ1v) is 6.61. The summed E-state index contributed by atoms with van der Waals surface area (Å²) in [6.45, 7) is 3.86. The highest BCUT2D eigenvalue weighted by Crippen LogP contribution is 2.31. The van der Waals surface area contributed by atoms with Gasteiger partial charge in [-0.25, -0.2) is 9.97 Å². The summed E-state index contributed by atoms with van der Waals surface area (Å²) in [5.74, 6) is 0.827. The van der Waals surface area contributed by atoms with E-state index in [0.717, 1.165) is 36.7 Å². The summed E-state index contributed by atoms with van der Waals surface area (Å²) in [6, 6.07) is 2.35. The summed E-state index contributed by atoms with van der Waals surface area (Å²) in [5.41, 5.74) is 2.13. The lowest BCUT2D eigenvalue weighted by molar-refractivity contribution is 0.241. The first kappa shape index (κ1) is 12.2. The van der Waals surface area contributed by atoms with Gasteiger partial charge in [0.25, 0.3) is 0 Å². The normalized spacial score (nSPS) is 19.7. The van der Waals surface area contributed by atoms with E-state index in [1.165, 1.54) is 6.42 Å². The molecule has 1 saturated heterocycles. The topological polar surface area (TPSA) is 54.8 Å². The fourth-order valence-corrected chi connectivity index (χ4v) is 2.63. The molecule has 0 amide bonds. The smallest absolute Gasteiger partial charge is 0.125 e. The number of likely N-dealkylation sites (tertiary alicyclic amines) is 1. The molecule has 0 aliphatic carbocycles. The molecule has 0 saturated carbocycles. The molecule has 2 aromatic heterocycles. The SMILES string of the molecule is Cc1nccc(CN2CCC[C@H]2c2cnccn2)n1. The Balaban J connectivity index is 1.77. The molecule has 0 aromatic carbocycles. The van der Waals surface area contributed by atoms with Gasteiger partial charge in [-0.05, 0) is 32.4 Å². The molecule has 1 aliphatic heterocycles. The summed E-state index contributed by atoms with van der Waals surface area (Å²) in [5, 5.41) is 0. The first-order chi connectivity index (χ1) is 9.33. The molecule has 2 aromatic rings. The van der Waals surface area contributed by atoms with Gasteiger partial charge in [0.15, 0.2) is 0 Å². The van der Waals surface area contributed by atoms with Gasteiger partial charge in [-0.15, -0.1) is 0 Å². The van der Waals surface area contributed by atoms with Gasteiger partial charge in [-0.3, -0.25) is 14.9 Å². The molecule has 0 bridgehead atoms. The molecule has 3 heterocycles. The van der Waals surface area contributed by atoms with Crippen LogP contribution in [0.4, 0.5) is 0 Å². The van der Waals surface area contributed by atoms with Gasteiger partial charge in [0, 0.05) is 31.3 Å². The van der Waals surface area contributed by atoms with E-state index in [0.29, 0.717) is 6.04 Å². The average molecular weight is 255 g/mol. The van der Waals surface area contributed by atoms with E-state index in [2.05, 4.69) is 24.8 Å². The lowest BCUT2D eigenvalue weighted by atomic mass is 10.1. The molecule has 3 rings (SSSR count). The van der Waals surface area contributed by atoms with Crippen molar-refractivity contribution in [2.45, 2.75) is 32.4 Å². The number of rotatable bonds is 3. The van der Waals surface area contributed by atoms with Crippen molar-refractivity contribution in [2.24, 2.45) is 0 Å². The second kappa shape index (κ2) is 5.40. The molecule has 1 aliphatic rings. The predicted molar refractivity (Wildman–Crippen MR) is 71.2 cm³/mol. The van der Waals surface area contributed by atoms with Crippen LogP contribution < -0.4 is 0 Å². The number of nitrogens with zero attached hydrogens (tertiary/aromatic N) is 5. The van der Waals surface area contributed by atoms with Gasteiger partial charge in [-0.2, -0.15) is 0 Å². The van der Waals surface area contributed by atoms with Gasteiger partial charge in [-0.1, -0.05) is 0 Å². The van der Waals surface area contributed by atoms with Crippen molar-refractivity contribution >= 4 is 0 Å². The van der Waals surface area contributed by atoms with E-state index in [4.69, 9.17) is 0 Å². The van der Waals surface area contributed by atoms with Gasteiger partial charge < -0.3 is 0 Å². The van der Waals surface area contributed by atoms with Crippen molar-refractivity contribution in [2.75, 3.05) is 6.54 Å². The summed E-state index contributed by atoms with van der Waals surface area (Å²) < 4.78 is 0. The van der Waals surface area contributed by atoms with Crippen LogP contribution in [0.15, 0.2) is 30.9 Å². The Kier molecular flexibility index (Phi) is 3.46. The summed E-state index contributed by atoms with van der Waals surface area (Å²) >= 11 is 0. The Bertz CT molecular complexity index is 543. The van der Waals surface area contributed by atoms with Crippen LogP contribution in [0.25, 0.3) is 0 Å². The molecule has 1 fully saturated rings. The third-order valence-electron chi connectivity index (χ3n) is 3.49. The zero-order valence-electron chi connectivity index (χ0n) is 11.0. The van der Waals surface area contributed by atoms with Crippen LogP contribution in [0.2, 0.25) is 0 Å². The predicted octanol–water partition coefficient (Wildman–Crippen LogP) is 1.91. The van der Waals surface area contributed by atoms with Gasteiger partial charge in [0.05, 0.1) is 17.4 Å². The van der Waals surface area contributed by atoms with Crippen molar-refractivity contribution in [3.8, 4) is 0 Å². The van der Waals surface area contributed by atoms with E-state index >= 15 is 0 Å². The summed E-state index contributed by atoms with van der Waals surface area (Å²) in [4.78, 5) is 19.6. The molecule has 0 N–H and O–H groups in total. The van der Waals surface area contributed by atoms with E-state index in [9.17, 15) is 0 Å².